The Morgan fingerprint density at radius 3 is 2.94 bits per heavy atom. The second kappa shape index (κ2) is 5.09. The lowest BCUT2D eigenvalue weighted by Crippen LogP contribution is -2.39. The fourth-order valence-electron chi connectivity index (χ4n) is 2.63. The lowest BCUT2D eigenvalue weighted by Gasteiger charge is -2.37. The number of rotatable bonds is 2. The number of hydrogen-bond acceptors (Lipinski definition) is 3. The normalized spacial score (nSPS) is 20.0. The number of anilines is 2. The summed E-state index contributed by atoms with van der Waals surface area (Å²) in [6.45, 7) is 3.30. The molecule has 0 saturated carbocycles. The Bertz CT molecular complexity index is 434. The van der Waals surface area contributed by atoms with E-state index >= 15 is 0 Å². The van der Waals surface area contributed by atoms with E-state index in [9.17, 15) is 0 Å². The van der Waals surface area contributed by atoms with Crippen LogP contribution in [0.25, 0.3) is 0 Å². The molecule has 0 aromatic heterocycles. The van der Waals surface area contributed by atoms with Gasteiger partial charge in [-0.2, -0.15) is 5.26 Å². The van der Waals surface area contributed by atoms with Gasteiger partial charge in [0.2, 0.25) is 0 Å². The van der Waals surface area contributed by atoms with E-state index in [1.165, 1.54) is 19.3 Å². The largest absolute Gasteiger partial charge is 0.397 e. The fraction of sp³-hybridized carbons (Fsp3) is 0.500. The molecule has 0 spiro atoms. The monoisotopic (exact) mass is 229 g/mol. The predicted octanol–water partition coefficient (Wildman–Crippen LogP) is 2.91. The number of hydrogen-bond donors (Lipinski definition) is 1. The van der Waals surface area contributed by atoms with Crippen LogP contribution in [0.5, 0.6) is 0 Å². The Morgan fingerprint density at radius 2 is 2.29 bits per heavy atom. The minimum atomic E-state index is 0.596. The first-order valence-electron chi connectivity index (χ1n) is 6.32. The third-order valence-electron chi connectivity index (χ3n) is 3.56. The smallest absolute Gasteiger partial charge is 0.0992 e. The lowest BCUT2D eigenvalue weighted by atomic mass is 9.98. The molecule has 1 aromatic carbocycles. The molecule has 3 heteroatoms. The Morgan fingerprint density at radius 1 is 1.47 bits per heavy atom. The Kier molecular flexibility index (Phi) is 3.53. The molecule has 3 nitrogen and oxygen atoms in total. The highest BCUT2D eigenvalue weighted by Crippen LogP contribution is 2.31. The molecule has 0 radical (unpaired) electrons. The number of nitriles is 1. The van der Waals surface area contributed by atoms with Gasteiger partial charge in [0, 0.05) is 12.6 Å². The summed E-state index contributed by atoms with van der Waals surface area (Å²) in [7, 11) is 0. The molecule has 17 heavy (non-hydrogen) atoms. The van der Waals surface area contributed by atoms with Crippen molar-refractivity contribution in [2.75, 3.05) is 17.2 Å². The number of benzene rings is 1. The van der Waals surface area contributed by atoms with Gasteiger partial charge in [-0.15, -0.1) is 0 Å². The summed E-state index contributed by atoms with van der Waals surface area (Å²) in [6.07, 6.45) is 4.94. The summed E-state index contributed by atoms with van der Waals surface area (Å²) >= 11 is 0. The first-order chi connectivity index (χ1) is 8.26. The van der Waals surface area contributed by atoms with Crippen molar-refractivity contribution in [2.45, 2.75) is 38.6 Å². The van der Waals surface area contributed by atoms with Gasteiger partial charge in [-0.3, -0.25) is 0 Å². The highest BCUT2D eigenvalue weighted by molar-refractivity contribution is 5.70. The number of nitrogen functional groups attached to an aromatic ring is 1. The van der Waals surface area contributed by atoms with Gasteiger partial charge in [-0.05, 0) is 43.9 Å². The molecule has 1 aliphatic rings. The van der Waals surface area contributed by atoms with Gasteiger partial charge in [-0.1, -0.05) is 6.92 Å². The molecule has 1 aromatic rings. The summed E-state index contributed by atoms with van der Waals surface area (Å²) < 4.78 is 0. The Hall–Kier alpha value is -1.69. The van der Waals surface area contributed by atoms with Crippen LogP contribution in [-0.2, 0) is 0 Å². The maximum atomic E-state index is 8.84. The summed E-state index contributed by atoms with van der Waals surface area (Å²) in [5, 5.41) is 8.84. The van der Waals surface area contributed by atoms with Gasteiger partial charge in [0.15, 0.2) is 0 Å². The second-order valence-electron chi connectivity index (χ2n) is 4.64. The molecule has 0 bridgehead atoms. The van der Waals surface area contributed by atoms with E-state index in [-0.39, 0.29) is 0 Å². The highest BCUT2D eigenvalue weighted by Gasteiger charge is 2.22. The van der Waals surface area contributed by atoms with Gasteiger partial charge >= 0.3 is 0 Å². The van der Waals surface area contributed by atoms with Gasteiger partial charge in [0.25, 0.3) is 0 Å². The average Bonchev–Trinajstić information content (AvgIpc) is 2.38. The zero-order chi connectivity index (χ0) is 12.3. The summed E-state index contributed by atoms with van der Waals surface area (Å²) in [5.41, 5.74) is 8.51. The maximum absolute atomic E-state index is 8.84. The van der Waals surface area contributed by atoms with Crippen molar-refractivity contribution >= 4 is 11.4 Å². The molecular formula is C14H19N3. The minimum Gasteiger partial charge on any atom is -0.397 e. The van der Waals surface area contributed by atoms with E-state index in [0.29, 0.717) is 11.6 Å². The van der Waals surface area contributed by atoms with Crippen LogP contribution < -0.4 is 10.6 Å². The predicted molar refractivity (Wildman–Crippen MR) is 70.8 cm³/mol. The average molecular weight is 229 g/mol. The molecule has 0 amide bonds. The maximum Gasteiger partial charge on any atom is 0.0992 e. The van der Waals surface area contributed by atoms with Gasteiger partial charge in [0.1, 0.15) is 0 Å². The lowest BCUT2D eigenvalue weighted by molar-refractivity contribution is 0.450. The molecule has 1 heterocycles. The first-order valence-corrected chi connectivity index (χ1v) is 6.32. The molecule has 1 atom stereocenters. The van der Waals surface area contributed by atoms with Gasteiger partial charge in [-0.25, -0.2) is 0 Å². The Balaban J connectivity index is 2.29. The second-order valence-corrected chi connectivity index (χ2v) is 4.64. The van der Waals surface area contributed by atoms with Crippen LogP contribution in [0.3, 0.4) is 0 Å². The van der Waals surface area contributed by atoms with E-state index in [1.807, 2.05) is 12.1 Å². The van der Waals surface area contributed by atoms with Crippen molar-refractivity contribution in [2.24, 2.45) is 0 Å². The van der Waals surface area contributed by atoms with Crippen molar-refractivity contribution in [1.82, 2.24) is 0 Å². The van der Waals surface area contributed by atoms with Crippen LogP contribution in [0.4, 0.5) is 11.4 Å². The molecule has 2 rings (SSSR count). The molecular weight excluding hydrogens is 210 g/mol. The first kappa shape index (κ1) is 11.8. The van der Waals surface area contributed by atoms with E-state index in [0.717, 1.165) is 24.3 Å². The molecule has 1 saturated heterocycles. The molecule has 1 unspecified atom stereocenters. The SMILES string of the molecule is CCC1CCCCN1c1ccc(C#N)cc1N. The van der Waals surface area contributed by atoms with E-state index in [1.54, 1.807) is 6.07 Å². The van der Waals surface area contributed by atoms with Crippen molar-refractivity contribution in [3.05, 3.63) is 23.8 Å². The van der Waals surface area contributed by atoms with E-state index in [4.69, 9.17) is 11.0 Å². The standard InChI is InChI=1S/C14H19N3/c1-2-12-5-3-4-8-17(12)14-7-6-11(10-15)9-13(14)16/h6-7,9,12H,2-5,8,16H2,1H3. The summed E-state index contributed by atoms with van der Waals surface area (Å²) in [6, 6.07) is 8.34. The Labute approximate surface area is 103 Å². The van der Waals surface area contributed by atoms with Crippen molar-refractivity contribution < 1.29 is 0 Å². The topological polar surface area (TPSA) is 53.0 Å². The fourth-order valence-corrected chi connectivity index (χ4v) is 2.63. The van der Waals surface area contributed by atoms with Gasteiger partial charge < -0.3 is 10.6 Å². The molecule has 0 aliphatic carbocycles. The third kappa shape index (κ3) is 2.36. The molecule has 1 fully saturated rings. The number of nitrogens with zero attached hydrogens (tertiary/aromatic N) is 2. The molecule has 2 N–H and O–H groups in total. The molecule has 90 valence electrons. The number of nitrogens with two attached hydrogens (primary N) is 1. The van der Waals surface area contributed by atoms with Crippen LogP contribution in [0, 0.1) is 11.3 Å². The van der Waals surface area contributed by atoms with Crippen LogP contribution in [-0.4, -0.2) is 12.6 Å². The van der Waals surface area contributed by atoms with Gasteiger partial charge in [0.05, 0.1) is 23.0 Å². The summed E-state index contributed by atoms with van der Waals surface area (Å²) in [4.78, 5) is 2.40. The van der Waals surface area contributed by atoms with Crippen LogP contribution in [0.1, 0.15) is 38.2 Å². The number of piperidine rings is 1. The quantitative estimate of drug-likeness (QED) is 0.793. The summed E-state index contributed by atoms with van der Waals surface area (Å²) in [5.74, 6) is 0. The van der Waals surface area contributed by atoms with Crippen LogP contribution in [0.2, 0.25) is 0 Å². The minimum absolute atomic E-state index is 0.596. The van der Waals surface area contributed by atoms with Crippen molar-refractivity contribution in [1.29, 1.82) is 5.26 Å². The van der Waals surface area contributed by atoms with Crippen LogP contribution >= 0.6 is 0 Å². The zero-order valence-electron chi connectivity index (χ0n) is 10.3. The zero-order valence-corrected chi connectivity index (χ0v) is 10.3. The third-order valence-corrected chi connectivity index (χ3v) is 3.56. The van der Waals surface area contributed by atoms with Crippen LogP contribution in [0.15, 0.2) is 18.2 Å². The highest BCUT2D eigenvalue weighted by atomic mass is 15.2. The van der Waals surface area contributed by atoms with E-state index < -0.39 is 0 Å². The van der Waals surface area contributed by atoms with Crippen molar-refractivity contribution in [3.8, 4) is 6.07 Å². The molecule has 1 aliphatic heterocycles. The van der Waals surface area contributed by atoms with E-state index in [2.05, 4.69) is 17.9 Å². The van der Waals surface area contributed by atoms with Crippen molar-refractivity contribution in [3.63, 3.8) is 0 Å².